The average molecular weight is 260 g/mol. The fourth-order valence-electron chi connectivity index (χ4n) is 0.143. The third-order valence-electron chi connectivity index (χ3n) is 0.368. The molecule has 0 amide bonds. The Morgan fingerprint density at radius 1 is 1.00 bits per heavy atom. The van der Waals surface area contributed by atoms with E-state index in [4.69, 9.17) is 10.2 Å². The molecule has 0 aromatic carbocycles. The Morgan fingerprint density at radius 2 is 1.22 bits per heavy atom. The van der Waals surface area contributed by atoms with E-state index in [1.807, 2.05) is 0 Å². The van der Waals surface area contributed by atoms with Crippen LogP contribution in [0, 0.1) is 40.8 Å². The summed E-state index contributed by atoms with van der Waals surface area (Å²) in [6, 6.07) is 0. The summed E-state index contributed by atoms with van der Waals surface area (Å²) >= 11 is 0. The number of carboxylic acids is 2. The predicted octanol–water partition coefficient (Wildman–Crippen LogP) is -0.288. The van der Waals surface area contributed by atoms with E-state index in [1.165, 1.54) is 0 Å². The Hall–Kier alpha value is 0.0306. The third-order valence-corrected chi connectivity index (χ3v) is 0.368. The van der Waals surface area contributed by atoms with Gasteiger partial charge >= 0.3 is 11.9 Å². The van der Waals surface area contributed by atoms with Crippen molar-refractivity contribution in [2.45, 2.75) is 0 Å². The van der Waals surface area contributed by atoms with Crippen LogP contribution in [0.4, 0.5) is 0 Å². The Labute approximate surface area is 84.1 Å². The monoisotopic (exact) mass is 258 g/mol. The predicted molar refractivity (Wildman–Crippen MR) is 24.4 cm³/mol. The van der Waals surface area contributed by atoms with Crippen LogP contribution in [-0.2, 0) is 9.59 Å². The van der Waals surface area contributed by atoms with Gasteiger partial charge in [0.2, 0.25) is 0 Å². The molecule has 0 aromatic heterocycles. The normalized spacial score (nSPS) is 8.44. The van der Waals surface area contributed by atoms with E-state index in [0.717, 1.165) is 0 Å². The van der Waals surface area contributed by atoms with Crippen LogP contribution < -0.4 is 0 Å². The molecule has 0 radical (unpaired) electrons. The van der Waals surface area contributed by atoms with Crippen LogP contribution in [0.5, 0.6) is 0 Å². The van der Waals surface area contributed by atoms with Gasteiger partial charge in [0, 0.05) is 53.0 Å². The maximum atomic E-state index is 9.55. The van der Waals surface area contributed by atoms with Gasteiger partial charge in [0.15, 0.2) is 0 Å². The summed E-state index contributed by atoms with van der Waals surface area (Å²) in [7, 11) is 0. The molecule has 5 heteroatoms. The van der Waals surface area contributed by atoms with Crippen molar-refractivity contribution in [1.82, 2.24) is 0 Å². The van der Waals surface area contributed by atoms with Crippen molar-refractivity contribution in [3.05, 3.63) is 12.2 Å². The van der Waals surface area contributed by atoms with E-state index in [0.29, 0.717) is 12.2 Å². The van der Waals surface area contributed by atoms with Gasteiger partial charge in [-0.3, -0.25) is 0 Å². The standard InChI is InChI=1S/C4H4O4.Nd/c5-3(6)1-2-4(7)8;/h1-2H,(H,5,6)(H,7,8);/b2-1-;. The topological polar surface area (TPSA) is 74.6 Å². The van der Waals surface area contributed by atoms with Crippen molar-refractivity contribution in [3.8, 4) is 0 Å². The van der Waals surface area contributed by atoms with Gasteiger partial charge in [0.1, 0.15) is 0 Å². The van der Waals surface area contributed by atoms with Gasteiger partial charge in [-0.05, 0) is 0 Å². The van der Waals surface area contributed by atoms with Gasteiger partial charge in [0.25, 0.3) is 0 Å². The molecule has 0 aliphatic carbocycles. The fourth-order valence-corrected chi connectivity index (χ4v) is 0.143. The summed E-state index contributed by atoms with van der Waals surface area (Å²) in [6.07, 6.45) is 1.12. The van der Waals surface area contributed by atoms with Gasteiger partial charge < -0.3 is 10.2 Å². The van der Waals surface area contributed by atoms with Gasteiger partial charge in [-0.1, -0.05) is 0 Å². The van der Waals surface area contributed by atoms with E-state index in [2.05, 4.69) is 0 Å². The molecule has 0 bridgehead atoms. The number of carboxylic acid groups (broad SMARTS) is 2. The third kappa shape index (κ3) is 11.5. The van der Waals surface area contributed by atoms with Crippen molar-refractivity contribution in [1.29, 1.82) is 0 Å². The molecule has 0 atom stereocenters. The molecule has 9 heavy (non-hydrogen) atoms. The maximum absolute atomic E-state index is 9.55. The Bertz CT molecular complexity index is 124. The first-order valence-electron chi connectivity index (χ1n) is 1.77. The summed E-state index contributed by atoms with van der Waals surface area (Å²) in [4.78, 5) is 19.1. The Balaban J connectivity index is 0. The first kappa shape index (κ1) is 11.8. The van der Waals surface area contributed by atoms with Gasteiger partial charge in [-0.25, -0.2) is 9.59 Å². The van der Waals surface area contributed by atoms with Crippen molar-refractivity contribution in [2.75, 3.05) is 0 Å². The van der Waals surface area contributed by atoms with Gasteiger partial charge in [0.05, 0.1) is 0 Å². The van der Waals surface area contributed by atoms with E-state index >= 15 is 0 Å². The van der Waals surface area contributed by atoms with Crippen LogP contribution in [0.1, 0.15) is 0 Å². The second kappa shape index (κ2) is 6.16. The molecule has 0 spiro atoms. The van der Waals surface area contributed by atoms with E-state index in [-0.39, 0.29) is 40.8 Å². The maximum Gasteiger partial charge on any atom is 0.328 e. The molecule has 0 aromatic rings. The molecule has 0 aliphatic rings. The first-order chi connectivity index (χ1) is 3.63. The van der Waals surface area contributed by atoms with Crippen LogP contribution in [-0.4, -0.2) is 22.2 Å². The summed E-state index contributed by atoms with van der Waals surface area (Å²) in [5.74, 6) is -2.51. The Morgan fingerprint density at radius 3 is 1.33 bits per heavy atom. The molecule has 0 fully saturated rings. The number of rotatable bonds is 2. The zero-order chi connectivity index (χ0) is 6.57. The number of hydrogen-bond acceptors (Lipinski definition) is 2. The molecule has 0 unspecified atom stereocenters. The zero-order valence-corrected chi connectivity index (χ0v) is 7.57. The number of carbonyl (C=O) groups is 2. The van der Waals surface area contributed by atoms with Crippen molar-refractivity contribution >= 4 is 11.9 Å². The fraction of sp³-hybridized carbons (Fsp3) is 0. The minimum atomic E-state index is -1.26. The van der Waals surface area contributed by atoms with Crippen molar-refractivity contribution < 1.29 is 60.6 Å². The van der Waals surface area contributed by atoms with Crippen LogP contribution in [0.3, 0.4) is 0 Å². The molecule has 0 aliphatic heterocycles. The smallest absolute Gasteiger partial charge is 0.328 e. The molecule has 0 rings (SSSR count). The molecule has 0 saturated heterocycles. The van der Waals surface area contributed by atoms with Crippen LogP contribution in [0.2, 0.25) is 0 Å². The largest absolute Gasteiger partial charge is 0.478 e. The molecule has 0 heterocycles. The van der Waals surface area contributed by atoms with Crippen LogP contribution in [0.15, 0.2) is 12.2 Å². The second-order valence-corrected chi connectivity index (χ2v) is 1.01. The average Bonchev–Trinajstić information content (AvgIpc) is 1.61. The van der Waals surface area contributed by atoms with Gasteiger partial charge in [-0.2, -0.15) is 0 Å². The number of aliphatic carboxylic acids is 2. The molecule has 48 valence electrons. The Kier molecular flexibility index (Phi) is 8.06. The summed E-state index contributed by atoms with van der Waals surface area (Å²) in [5, 5.41) is 15.6. The number of hydrogen-bond donors (Lipinski definition) is 2. The summed E-state index contributed by atoms with van der Waals surface area (Å²) < 4.78 is 0. The second-order valence-electron chi connectivity index (χ2n) is 1.01. The van der Waals surface area contributed by atoms with E-state index in [9.17, 15) is 9.59 Å². The minimum Gasteiger partial charge on any atom is -0.478 e. The van der Waals surface area contributed by atoms with Crippen LogP contribution >= 0.6 is 0 Å². The van der Waals surface area contributed by atoms with Crippen LogP contribution in [0.25, 0.3) is 0 Å². The molecular weight excluding hydrogens is 256 g/mol. The molecule has 4 nitrogen and oxygen atoms in total. The zero-order valence-electron chi connectivity index (χ0n) is 4.37. The SMILES string of the molecule is O=C(O)/C=C\C(=O)O.[Nd]. The van der Waals surface area contributed by atoms with E-state index < -0.39 is 11.9 Å². The minimum absolute atomic E-state index is 0. The van der Waals surface area contributed by atoms with Crippen molar-refractivity contribution in [3.63, 3.8) is 0 Å². The molecule has 0 saturated carbocycles. The quantitative estimate of drug-likeness (QED) is 0.669. The molecular formula is C4H4NdO4. The summed E-state index contributed by atoms with van der Waals surface area (Å²) in [5.41, 5.74) is 0. The first-order valence-corrected chi connectivity index (χ1v) is 1.77. The summed E-state index contributed by atoms with van der Waals surface area (Å²) in [6.45, 7) is 0. The van der Waals surface area contributed by atoms with E-state index in [1.54, 1.807) is 0 Å². The van der Waals surface area contributed by atoms with Crippen molar-refractivity contribution in [2.24, 2.45) is 0 Å². The molecule has 2 N–H and O–H groups in total. The van der Waals surface area contributed by atoms with Gasteiger partial charge in [-0.15, -0.1) is 0 Å².